The zero-order valence-electron chi connectivity index (χ0n) is 13.6. The van der Waals surface area contributed by atoms with Crippen LogP contribution < -0.4 is 5.32 Å². The summed E-state index contributed by atoms with van der Waals surface area (Å²) in [5.41, 5.74) is 1.97. The molecule has 0 radical (unpaired) electrons. The van der Waals surface area contributed by atoms with E-state index >= 15 is 0 Å². The number of aromatic nitrogens is 2. The molecule has 2 aromatic rings. The maximum atomic E-state index is 12.4. The van der Waals surface area contributed by atoms with Crippen LogP contribution in [0.25, 0.3) is 5.69 Å². The quantitative estimate of drug-likeness (QED) is 0.852. The van der Waals surface area contributed by atoms with Crippen LogP contribution in [-0.2, 0) is 0 Å². The van der Waals surface area contributed by atoms with Gasteiger partial charge in [0.25, 0.3) is 5.91 Å². The Kier molecular flexibility index (Phi) is 5.80. The van der Waals surface area contributed by atoms with Crippen molar-refractivity contribution in [2.24, 2.45) is 5.92 Å². The van der Waals surface area contributed by atoms with E-state index in [4.69, 9.17) is 11.6 Å². The number of halogens is 1. The molecule has 0 aliphatic carbocycles. The third-order valence-electron chi connectivity index (χ3n) is 3.55. The predicted octanol–water partition coefficient (Wildman–Crippen LogP) is 2.97. The monoisotopic (exact) mass is 335 g/mol. The molecule has 23 heavy (non-hydrogen) atoms. The molecule has 0 fully saturated rings. The molecule has 0 aliphatic heterocycles. The Morgan fingerprint density at radius 1 is 1.35 bits per heavy atom. The van der Waals surface area contributed by atoms with Gasteiger partial charge >= 0.3 is 0 Å². The fourth-order valence-electron chi connectivity index (χ4n) is 2.42. The summed E-state index contributed by atoms with van der Waals surface area (Å²) >= 11 is 5.88. The van der Waals surface area contributed by atoms with Gasteiger partial charge in [-0.3, -0.25) is 4.79 Å². The van der Waals surface area contributed by atoms with E-state index in [9.17, 15) is 9.90 Å². The summed E-state index contributed by atoms with van der Waals surface area (Å²) in [4.78, 5) is 12.4. The lowest BCUT2D eigenvalue weighted by Crippen LogP contribution is -2.38. The maximum absolute atomic E-state index is 12.4. The molecule has 1 amide bonds. The number of aliphatic hydroxyl groups is 1. The van der Waals surface area contributed by atoms with Crippen LogP contribution in [0.2, 0.25) is 5.02 Å². The third kappa shape index (κ3) is 4.56. The first-order chi connectivity index (χ1) is 10.9. The van der Waals surface area contributed by atoms with Gasteiger partial charge in [-0.1, -0.05) is 25.4 Å². The molecule has 1 unspecified atom stereocenters. The summed E-state index contributed by atoms with van der Waals surface area (Å²) in [6.45, 7) is 5.82. The lowest BCUT2D eigenvalue weighted by Gasteiger charge is -2.17. The molecule has 0 saturated carbocycles. The maximum Gasteiger partial charge on any atom is 0.255 e. The molecule has 0 aliphatic rings. The Balaban J connectivity index is 2.16. The largest absolute Gasteiger partial charge is 0.394 e. The molecular weight excluding hydrogens is 314 g/mol. The van der Waals surface area contributed by atoms with Gasteiger partial charge in [0, 0.05) is 11.2 Å². The van der Waals surface area contributed by atoms with E-state index in [0.29, 0.717) is 22.2 Å². The van der Waals surface area contributed by atoms with Crippen molar-refractivity contribution in [1.29, 1.82) is 0 Å². The van der Waals surface area contributed by atoms with Crippen molar-refractivity contribution >= 4 is 17.5 Å². The Hall–Kier alpha value is -1.85. The minimum absolute atomic E-state index is 0.0751. The number of carbonyl (C=O) groups excluding carboxylic acids is 1. The molecule has 6 heteroatoms. The van der Waals surface area contributed by atoms with Gasteiger partial charge in [-0.2, -0.15) is 5.10 Å². The van der Waals surface area contributed by atoms with Gasteiger partial charge in [0.15, 0.2) is 0 Å². The van der Waals surface area contributed by atoms with E-state index in [1.165, 1.54) is 0 Å². The first-order valence-corrected chi connectivity index (χ1v) is 8.02. The van der Waals surface area contributed by atoms with Crippen molar-refractivity contribution in [2.75, 3.05) is 6.61 Å². The second-order valence-electron chi connectivity index (χ2n) is 6.03. The highest BCUT2D eigenvalue weighted by Crippen LogP contribution is 2.16. The van der Waals surface area contributed by atoms with Crippen molar-refractivity contribution in [1.82, 2.24) is 15.1 Å². The van der Waals surface area contributed by atoms with Crippen molar-refractivity contribution in [3.05, 3.63) is 46.7 Å². The predicted molar refractivity (Wildman–Crippen MR) is 91.1 cm³/mol. The molecule has 2 N–H and O–H groups in total. The van der Waals surface area contributed by atoms with E-state index in [1.54, 1.807) is 29.9 Å². The molecule has 5 nitrogen and oxygen atoms in total. The fraction of sp³-hybridized carbons (Fsp3) is 0.412. The second kappa shape index (κ2) is 7.62. The third-order valence-corrected chi connectivity index (χ3v) is 3.80. The first kappa shape index (κ1) is 17.5. The Labute approximate surface area is 141 Å². The molecule has 1 aromatic heterocycles. The molecule has 1 heterocycles. The van der Waals surface area contributed by atoms with Crippen LogP contribution in [0, 0.1) is 12.8 Å². The molecule has 124 valence electrons. The van der Waals surface area contributed by atoms with Crippen LogP contribution >= 0.6 is 11.6 Å². The van der Waals surface area contributed by atoms with E-state index in [1.807, 2.05) is 12.1 Å². The lowest BCUT2D eigenvalue weighted by atomic mass is 10.0. The summed E-state index contributed by atoms with van der Waals surface area (Å²) in [5, 5.41) is 17.3. The van der Waals surface area contributed by atoms with Crippen molar-refractivity contribution in [2.45, 2.75) is 33.2 Å². The van der Waals surface area contributed by atoms with Gasteiger partial charge in [-0.25, -0.2) is 4.68 Å². The Morgan fingerprint density at radius 2 is 2.00 bits per heavy atom. The zero-order valence-corrected chi connectivity index (χ0v) is 14.3. The highest BCUT2D eigenvalue weighted by atomic mass is 35.5. The van der Waals surface area contributed by atoms with E-state index in [0.717, 1.165) is 12.1 Å². The van der Waals surface area contributed by atoms with Gasteiger partial charge in [-0.05, 0) is 43.5 Å². The number of aliphatic hydroxyl groups excluding tert-OH is 1. The molecule has 0 spiro atoms. The minimum Gasteiger partial charge on any atom is -0.394 e. The number of hydrogen-bond donors (Lipinski definition) is 2. The minimum atomic E-state index is -0.249. The number of hydrogen-bond acceptors (Lipinski definition) is 3. The first-order valence-electron chi connectivity index (χ1n) is 7.64. The van der Waals surface area contributed by atoms with Crippen molar-refractivity contribution < 1.29 is 9.90 Å². The van der Waals surface area contributed by atoms with Crippen molar-refractivity contribution in [3.63, 3.8) is 0 Å². The fourth-order valence-corrected chi connectivity index (χ4v) is 2.55. The molecule has 1 aromatic carbocycles. The molecule has 0 saturated heterocycles. The van der Waals surface area contributed by atoms with Gasteiger partial charge in [-0.15, -0.1) is 0 Å². The van der Waals surface area contributed by atoms with Gasteiger partial charge in [0.2, 0.25) is 0 Å². The number of aryl methyl sites for hydroxylation is 1. The second-order valence-corrected chi connectivity index (χ2v) is 6.47. The Bertz CT molecular complexity index is 665. The zero-order chi connectivity index (χ0) is 17.0. The highest BCUT2D eigenvalue weighted by Gasteiger charge is 2.18. The molecule has 0 bridgehead atoms. The van der Waals surface area contributed by atoms with Gasteiger partial charge < -0.3 is 10.4 Å². The van der Waals surface area contributed by atoms with Gasteiger partial charge in [0.05, 0.1) is 29.6 Å². The lowest BCUT2D eigenvalue weighted by molar-refractivity contribution is 0.0907. The normalized spacial score (nSPS) is 12.4. The molecule has 1 atom stereocenters. The van der Waals surface area contributed by atoms with Crippen LogP contribution in [0.3, 0.4) is 0 Å². The number of carbonyl (C=O) groups is 1. The van der Waals surface area contributed by atoms with Crippen LogP contribution in [0.1, 0.15) is 36.3 Å². The van der Waals surface area contributed by atoms with E-state index < -0.39 is 0 Å². The van der Waals surface area contributed by atoms with E-state index in [2.05, 4.69) is 24.3 Å². The summed E-state index contributed by atoms with van der Waals surface area (Å²) in [6, 6.07) is 6.98. The van der Waals surface area contributed by atoms with Crippen LogP contribution in [0.15, 0.2) is 30.5 Å². The van der Waals surface area contributed by atoms with Crippen molar-refractivity contribution in [3.8, 4) is 5.69 Å². The highest BCUT2D eigenvalue weighted by molar-refractivity contribution is 6.30. The number of amides is 1. The standard InChI is InChI=1S/C17H22ClN3O2/c1-11(2)8-14(10-22)19-17(23)16-9-21(20-12(16)3)15-6-4-13(18)5-7-15/h4-7,9,11,14,22H,8,10H2,1-3H3,(H,19,23). The number of nitrogens with one attached hydrogen (secondary N) is 1. The summed E-state index contributed by atoms with van der Waals surface area (Å²) in [7, 11) is 0. The summed E-state index contributed by atoms with van der Waals surface area (Å²) < 4.78 is 1.65. The summed E-state index contributed by atoms with van der Waals surface area (Å²) in [5.74, 6) is 0.174. The molecule has 2 rings (SSSR count). The Morgan fingerprint density at radius 3 is 2.57 bits per heavy atom. The number of benzene rings is 1. The smallest absolute Gasteiger partial charge is 0.255 e. The molecular formula is C17H22ClN3O2. The SMILES string of the molecule is Cc1nn(-c2ccc(Cl)cc2)cc1C(=O)NC(CO)CC(C)C. The van der Waals surface area contributed by atoms with Gasteiger partial charge in [0.1, 0.15) is 0 Å². The van der Waals surface area contributed by atoms with Crippen LogP contribution in [-0.4, -0.2) is 33.4 Å². The average molecular weight is 336 g/mol. The topological polar surface area (TPSA) is 67.2 Å². The van der Waals surface area contributed by atoms with Crippen LogP contribution in [0.5, 0.6) is 0 Å². The van der Waals surface area contributed by atoms with E-state index in [-0.39, 0.29) is 18.6 Å². The average Bonchev–Trinajstić information content (AvgIpc) is 2.88. The van der Waals surface area contributed by atoms with Crippen LogP contribution in [0.4, 0.5) is 0 Å². The summed E-state index contributed by atoms with van der Waals surface area (Å²) in [6.07, 6.45) is 2.42. The number of nitrogens with zero attached hydrogens (tertiary/aromatic N) is 2. The number of rotatable bonds is 6.